The average Bonchev–Trinajstić information content (AvgIpc) is 3.14. The van der Waals surface area contributed by atoms with Gasteiger partial charge in [-0.15, -0.1) is 0 Å². The smallest absolute Gasteiger partial charge is 0.199 e. The van der Waals surface area contributed by atoms with E-state index in [1.165, 1.54) is 0 Å². The zero-order valence-electron chi connectivity index (χ0n) is 14.0. The van der Waals surface area contributed by atoms with E-state index < -0.39 is 0 Å². The average molecular weight is 394 g/mol. The second-order valence-corrected chi connectivity index (χ2v) is 6.82. The number of carbonyl (C=O) groups is 1. The van der Waals surface area contributed by atoms with Crippen molar-refractivity contribution in [3.63, 3.8) is 0 Å². The number of rotatable bonds is 4. The second kappa shape index (κ2) is 7.39. The highest BCUT2D eigenvalue weighted by Crippen LogP contribution is 2.34. The fraction of sp³-hybridized carbons (Fsp3) is 0. The third-order valence-corrected chi connectivity index (χ3v) is 4.68. The lowest BCUT2D eigenvalue weighted by Gasteiger charge is -2.05. The summed E-state index contributed by atoms with van der Waals surface area (Å²) in [6.45, 7) is 0. The van der Waals surface area contributed by atoms with E-state index in [2.05, 4.69) is 5.16 Å². The largest absolute Gasteiger partial charge is 0.355 e. The molecule has 0 amide bonds. The maximum Gasteiger partial charge on any atom is 0.199 e. The van der Waals surface area contributed by atoms with Gasteiger partial charge in [-0.1, -0.05) is 58.7 Å². The van der Waals surface area contributed by atoms with Crippen LogP contribution in [0.1, 0.15) is 15.9 Å². The summed E-state index contributed by atoms with van der Waals surface area (Å²) in [5.74, 6) is 0.224. The van der Waals surface area contributed by atoms with E-state index in [1.807, 2.05) is 30.3 Å². The normalized spacial score (nSPS) is 10.7. The van der Waals surface area contributed by atoms with Crippen molar-refractivity contribution in [2.24, 2.45) is 0 Å². The number of hydrogen-bond acceptors (Lipinski definition) is 3. The topological polar surface area (TPSA) is 43.1 Å². The minimum Gasteiger partial charge on any atom is -0.355 e. The highest BCUT2D eigenvalue weighted by molar-refractivity contribution is 6.31. The molecule has 4 aromatic rings. The van der Waals surface area contributed by atoms with Crippen LogP contribution in [-0.2, 0) is 0 Å². The number of aromatic nitrogens is 1. The van der Waals surface area contributed by atoms with Crippen LogP contribution in [0.25, 0.3) is 22.6 Å². The number of carbonyl (C=O) groups excluding carboxylic acids is 1. The van der Waals surface area contributed by atoms with Crippen molar-refractivity contribution in [3.8, 4) is 22.6 Å². The Morgan fingerprint density at radius 1 is 0.741 bits per heavy atom. The van der Waals surface area contributed by atoms with Gasteiger partial charge in [0.2, 0.25) is 0 Å². The molecular weight excluding hydrogens is 381 g/mol. The molecule has 0 spiro atoms. The van der Waals surface area contributed by atoms with Crippen LogP contribution in [0.5, 0.6) is 0 Å². The highest BCUT2D eigenvalue weighted by atomic mass is 35.5. The zero-order valence-corrected chi connectivity index (χ0v) is 15.5. The molecule has 0 unspecified atom stereocenters. The molecule has 0 atom stereocenters. The van der Waals surface area contributed by atoms with Crippen molar-refractivity contribution in [1.82, 2.24) is 5.16 Å². The molecule has 3 nitrogen and oxygen atoms in total. The van der Waals surface area contributed by atoms with Crippen LogP contribution in [0.4, 0.5) is 0 Å². The third-order valence-electron chi connectivity index (χ3n) is 4.18. The number of halogens is 2. The summed E-state index contributed by atoms with van der Waals surface area (Å²) in [6.07, 6.45) is 0. The van der Waals surface area contributed by atoms with Crippen LogP contribution >= 0.6 is 23.2 Å². The molecule has 0 aliphatic carbocycles. The molecule has 1 heterocycles. The predicted molar refractivity (Wildman–Crippen MR) is 107 cm³/mol. The Hall–Kier alpha value is -2.88. The summed E-state index contributed by atoms with van der Waals surface area (Å²) in [4.78, 5) is 13.3. The molecule has 0 N–H and O–H groups in total. The number of benzene rings is 3. The van der Waals surface area contributed by atoms with Crippen molar-refractivity contribution in [3.05, 3.63) is 100 Å². The molecule has 0 fully saturated rings. The van der Waals surface area contributed by atoms with Crippen molar-refractivity contribution < 1.29 is 9.32 Å². The minimum absolute atomic E-state index is 0.184. The van der Waals surface area contributed by atoms with Crippen molar-refractivity contribution >= 4 is 29.0 Å². The first-order chi connectivity index (χ1) is 13.1. The van der Waals surface area contributed by atoms with Gasteiger partial charge in [-0.3, -0.25) is 4.79 Å². The molecule has 4 rings (SSSR count). The quantitative estimate of drug-likeness (QED) is 0.369. The predicted octanol–water partition coefficient (Wildman–Crippen LogP) is 6.55. The molecule has 0 bridgehead atoms. The van der Waals surface area contributed by atoms with Gasteiger partial charge in [-0.2, -0.15) is 0 Å². The molecular formula is C22H13Cl2NO2. The Labute approximate surface area is 166 Å². The van der Waals surface area contributed by atoms with E-state index in [1.54, 1.807) is 48.5 Å². The Morgan fingerprint density at radius 3 is 1.96 bits per heavy atom. The van der Waals surface area contributed by atoms with Gasteiger partial charge in [0.25, 0.3) is 0 Å². The highest BCUT2D eigenvalue weighted by Gasteiger charge is 2.26. The summed E-state index contributed by atoms with van der Waals surface area (Å²) >= 11 is 11.9. The minimum atomic E-state index is -0.184. The van der Waals surface area contributed by atoms with Crippen molar-refractivity contribution in [2.75, 3.05) is 0 Å². The van der Waals surface area contributed by atoms with Gasteiger partial charge >= 0.3 is 0 Å². The summed E-state index contributed by atoms with van der Waals surface area (Å²) in [7, 11) is 0. The molecule has 132 valence electrons. The molecule has 0 radical (unpaired) electrons. The van der Waals surface area contributed by atoms with E-state index in [4.69, 9.17) is 27.7 Å². The molecule has 1 aromatic heterocycles. The van der Waals surface area contributed by atoms with Gasteiger partial charge in [0.1, 0.15) is 5.69 Å². The van der Waals surface area contributed by atoms with Crippen LogP contribution in [0.3, 0.4) is 0 Å². The number of nitrogens with zero attached hydrogens (tertiary/aromatic N) is 1. The first-order valence-corrected chi connectivity index (χ1v) is 9.00. The van der Waals surface area contributed by atoms with Gasteiger partial charge in [-0.05, 0) is 48.5 Å². The van der Waals surface area contributed by atoms with E-state index in [9.17, 15) is 4.79 Å². The standard InChI is InChI=1S/C22H13Cl2NO2/c23-17-10-6-15(7-11-17)21(26)19-20(14-4-2-1-3-5-14)25-27-22(19)16-8-12-18(24)13-9-16/h1-13H. The molecule has 3 aromatic carbocycles. The van der Waals surface area contributed by atoms with Gasteiger partial charge < -0.3 is 4.52 Å². The van der Waals surface area contributed by atoms with E-state index in [0.29, 0.717) is 32.6 Å². The fourth-order valence-corrected chi connectivity index (χ4v) is 3.09. The first-order valence-electron chi connectivity index (χ1n) is 8.25. The second-order valence-electron chi connectivity index (χ2n) is 5.94. The summed E-state index contributed by atoms with van der Waals surface area (Å²) in [5.41, 5.74) is 2.95. The van der Waals surface area contributed by atoms with Crippen LogP contribution in [0, 0.1) is 0 Å². The Kier molecular flexibility index (Phi) is 4.80. The maximum absolute atomic E-state index is 13.3. The van der Waals surface area contributed by atoms with Gasteiger partial charge in [0.15, 0.2) is 11.5 Å². The number of ketones is 1. The summed E-state index contributed by atoms with van der Waals surface area (Å²) in [6, 6.07) is 23.3. The SMILES string of the molecule is O=C(c1ccc(Cl)cc1)c1c(-c2ccccc2)noc1-c1ccc(Cl)cc1. The maximum atomic E-state index is 13.3. The first kappa shape index (κ1) is 17.5. The van der Waals surface area contributed by atoms with E-state index in [-0.39, 0.29) is 5.78 Å². The Bertz CT molecular complexity index is 1090. The van der Waals surface area contributed by atoms with Gasteiger partial charge in [-0.25, -0.2) is 0 Å². The zero-order chi connectivity index (χ0) is 18.8. The van der Waals surface area contributed by atoms with Gasteiger partial charge in [0.05, 0.1) is 5.56 Å². The van der Waals surface area contributed by atoms with E-state index >= 15 is 0 Å². The molecule has 27 heavy (non-hydrogen) atoms. The molecule has 0 aliphatic heterocycles. The van der Waals surface area contributed by atoms with Crippen LogP contribution in [-0.4, -0.2) is 10.9 Å². The van der Waals surface area contributed by atoms with Crippen LogP contribution < -0.4 is 0 Å². The summed E-state index contributed by atoms with van der Waals surface area (Å²) in [5, 5.41) is 5.37. The fourth-order valence-electron chi connectivity index (χ4n) is 2.84. The monoisotopic (exact) mass is 393 g/mol. The summed E-state index contributed by atoms with van der Waals surface area (Å²) < 4.78 is 5.60. The lowest BCUT2D eigenvalue weighted by molar-refractivity contribution is 0.103. The van der Waals surface area contributed by atoms with Crippen LogP contribution in [0.15, 0.2) is 83.4 Å². The van der Waals surface area contributed by atoms with Crippen molar-refractivity contribution in [2.45, 2.75) is 0 Å². The molecule has 0 aliphatic rings. The lowest BCUT2D eigenvalue weighted by atomic mass is 9.95. The molecule has 5 heteroatoms. The Balaban J connectivity index is 1.90. The lowest BCUT2D eigenvalue weighted by Crippen LogP contribution is -2.03. The van der Waals surface area contributed by atoms with Crippen LogP contribution in [0.2, 0.25) is 10.0 Å². The van der Waals surface area contributed by atoms with Crippen molar-refractivity contribution in [1.29, 1.82) is 0 Å². The Morgan fingerprint density at radius 2 is 1.33 bits per heavy atom. The number of hydrogen-bond donors (Lipinski definition) is 0. The van der Waals surface area contributed by atoms with E-state index in [0.717, 1.165) is 11.1 Å². The molecule has 0 saturated carbocycles. The molecule has 0 saturated heterocycles. The third kappa shape index (κ3) is 3.52. The van der Waals surface area contributed by atoms with Gasteiger partial charge in [0, 0.05) is 26.7 Å².